The van der Waals surface area contributed by atoms with E-state index in [-0.39, 0.29) is 41.5 Å². The minimum absolute atomic E-state index is 0.0283. The predicted molar refractivity (Wildman–Crippen MR) is 158 cm³/mol. The number of Topliss-reactive ketones (excluding diaryl/α,β-unsaturated/α-hetero) is 2. The van der Waals surface area contributed by atoms with Crippen LogP contribution >= 0.6 is 0 Å². The quantitative estimate of drug-likeness (QED) is 0.365. The van der Waals surface area contributed by atoms with Gasteiger partial charge in [0.2, 0.25) is 5.91 Å². The maximum Gasteiger partial charge on any atom is 0.245 e. The van der Waals surface area contributed by atoms with Crippen molar-refractivity contribution in [2.75, 3.05) is 0 Å². The highest BCUT2D eigenvalue weighted by Gasteiger charge is 2.66. The second kappa shape index (κ2) is 11.1. The molecule has 1 aromatic carbocycles. The lowest BCUT2D eigenvalue weighted by Gasteiger charge is -2.26. The van der Waals surface area contributed by atoms with E-state index < -0.39 is 0 Å². The first-order valence-corrected chi connectivity index (χ1v) is 15.5. The van der Waals surface area contributed by atoms with E-state index in [1.807, 2.05) is 24.8 Å². The second-order valence-corrected chi connectivity index (χ2v) is 12.5. The Morgan fingerprint density at radius 1 is 1.00 bits per heavy atom. The van der Waals surface area contributed by atoms with E-state index in [1.165, 1.54) is 39.0 Å². The number of hydrogen-bond donors (Lipinski definition) is 0. The Labute approximate surface area is 241 Å². The molecule has 2 bridgehead atoms. The van der Waals surface area contributed by atoms with E-state index in [0.717, 1.165) is 71.9 Å². The molecule has 216 valence electrons. The van der Waals surface area contributed by atoms with Crippen LogP contribution in [0.5, 0.6) is 0 Å². The molecule has 2 aliphatic heterocycles. The molecule has 1 amide bonds. The first-order chi connectivity index (χ1) is 19.8. The lowest BCUT2D eigenvalue weighted by molar-refractivity contribution is -0.139. The number of ketones is 2. The molecule has 3 aromatic rings. The summed E-state index contributed by atoms with van der Waals surface area (Å²) in [5.41, 5.74) is 4.88. The number of aryl methyl sites for hydroxylation is 2. The largest absolute Gasteiger partial charge is 0.327 e. The average molecular weight is 556 g/mol. The molecule has 8 heteroatoms. The predicted octanol–water partition coefficient (Wildman–Crippen LogP) is 6.02. The van der Waals surface area contributed by atoms with Crippen molar-refractivity contribution in [1.82, 2.24) is 24.6 Å². The highest BCUT2D eigenvalue weighted by molar-refractivity contribution is 6.07. The number of benzene rings is 1. The van der Waals surface area contributed by atoms with E-state index >= 15 is 0 Å². The molecular formula is C33H41N5O3. The fourth-order valence-corrected chi connectivity index (χ4v) is 7.41. The van der Waals surface area contributed by atoms with Gasteiger partial charge in [0, 0.05) is 36.5 Å². The monoisotopic (exact) mass is 555 g/mol. The van der Waals surface area contributed by atoms with Crippen molar-refractivity contribution in [3.05, 3.63) is 41.5 Å². The molecule has 0 spiro atoms. The molecule has 1 aliphatic carbocycles. The third kappa shape index (κ3) is 5.22. The molecular weight excluding hydrogens is 514 g/mol. The minimum Gasteiger partial charge on any atom is -0.327 e. The van der Waals surface area contributed by atoms with Gasteiger partial charge in [-0.15, -0.1) is 0 Å². The van der Waals surface area contributed by atoms with Gasteiger partial charge in [0.1, 0.15) is 12.2 Å². The van der Waals surface area contributed by atoms with Crippen LogP contribution < -0.4 is 0 Å². The Morgan fingerprint density at radius 2 is 1.76 bits per heavy atom. The van der Waals surface area contributed by atoms with Crippen LogP contribution in [0.1, 0.15) is 106 Å². The number of rotatable bonds is 4. The summed E-state index contributed by atoms with van der Waals surface area (Å²) in [6.07, 6.45) is 15.9. The average Bonchev–Trinajstić information content (AvgIpc) is 3.36. The number of amides is 1. The highest BCUT2D eigenvalue weighted by Crippen LogP contribution is 2.62. The summed E-state index contributed by atoms with van der Waals surface area (Å²) < 4.78 is 1.74. The lowest BCUT2D eigenvalue weighted by atomic mass is 9.91. The Bertz CT molecular complexity index is 1490. The van der Waals surface area contributed by atoms with E-state index in [2.05, 4.69) is 16.0 Å². The number of piperidine rings is 1. The molecule has 0 N–H and O–H groups in total. The Kier molecular flexibility index (Phi) is 7.51. The number of carbonyl (C=O) groups excluding carboxylic acids is 3. The Morgan fingerprint density at radius 3 is 2.46 bits per heavy atom. The molecule has 4 heterocycles. The minimum atomic E-state index is -0.342. The van der Waals surface area contributed by atoms with Gasteiger partial charge in [-0.25, -0.2) is 0 Å². The van der Waals surface area contributed by atoms with Crippen LogP contribution in [0.2, 0.25) is 0 Å². The molecule has 2 aromatic heterocycles. The third-order valence-electron chi connectivity index (χ3n) is 9.66. The van der Waals surface area contributed by atoms with E-state index in [1.54, 1.807) is 17.1 Å². The zero-order chi connectivity index (χ0) is 28.7. The van der Waals surface area contributed by atoms with Gasteiger partial charge in [0.25, 0.3) is 0 Å². The van der Waals surface area contributed by atoms with Crippen molar-refractivity contribution in [2.45, 2.75) is 116 Å². The summed E-state index contributed by atoms with van der Waals surface area (Å²) in [5.74, 6) is -0.0501. The summed E-state index contributed by atoms with van der Waals surface area (Å²) in [6.45, 7) is 5.36. The van der Waals surface area contributed by atoms with Crippen LogP contribution in [0.3, 0.4) is 0 Å². The van der Waals surface area contributed by atoms with Crippen molar-refractivity contribution in [3.8, 4) is 11.3 Å². The summed E-state index contributed by atoms with van der Waals surface area (Å²) in [6, 6.07) is 3.90. The zero-order valence-corrected chi connectivity index (χ0v) is 24.6. The molecule has 8 nitrogen and oxygen atoms in total. The molecule has 3 aliphatic rings. The van der Waals surface area contributed by atoms with Crippen LogP contribution in [0, 0.1) is 12.3 Å². The lowest BCUT2D eigenvalue weighted by Crippen LogP contribution is -2.44. The van der Waals surface area contributed by atoms with Crippen LogP contribution in [-0.4, -0.2) is 54.2 Å². The summed E-state index contributed by atoms with van der Waals surface area (Å²) in [4.78, 5) is 50.9. The van der Waals surface area contributed by atoms with E-state index in [9.17, 15) is 14.4 Å². The summed E-state index contributed by atoms with van der Waals surface area (Å²) in [5, 5.41) is 5.50. The van der Waals surface area contributed by atoms with Gasteiger partial charge in [-0.1, -0.05) is 45.4 Å². The van der Waals surface area contributed by atoms with Crippen molar-refractivity contribution in [1.29, 1.82) is 0 Å². The molecule has 41 heavy (non-hydrogen) atoms. The number of carbonyl (C=O) groups is 3. The summed E-state index contributed by atoms with van der Waals surface area (Å²) in [7, 11) is 0. The van der Waals surface area contributed by atoms with Crippen LogP contribution in [-0.2, 0) is 22.6 Å². The zero-order valence-electron chi connectivity index (χ0n) is 24.6. The van der Waals surface area contributed by atoms with Crippen molar-refractivity contribution in [2.24, 2.45) is 5.41 Å². The molecule has 6 rings (SSSR count). The maximum absolute atomic E-state index is 14.0. The smallest absolute Gasteiger partial charge is 0.245 e. The normalized spacial score (nSPS) is 25.1. The third-order valence-corrected chi connectivity index (χ3v) is 9.66. The Hall–Kier alpha value is -3.42. The maximum atomic E-state index is 14.0. The molecule has 2 fully saturated rings. The highest BCUT2D eigenvalue weighted by atomic mass is 16.2. The van der Waals surface area contributed by atoms with Crippen molar-refractivity contribution >= 4 is 28.4 Å². The van der Waals surface area contributed by atoms with Crippen LogP contribution in [0.4, 0.5) is 0 Å². The van der Waals surface area contributed by atoms with Crippen LogP contribution in [0.25, 0.3) is 22.2 Å². The first kappa shape index (κ1) is 27.7. The van der Waals surface area contributed by atoms with Gasteiger partial charge in [-0.3, -0.25) is 29.0 Å². The SMILES string of the molecule is CCC(=O)[C@@H]1C[C@]23CCCCCCCCCc4cc(-c5cnc(C)cn5)cc5c(C(C)=O)nn(c45)CC(=O)N1[C@@H]2C3. The Balaban J connectivity index is 1.44. The van der Waals surface area contributed by atoms with Gasteiger partial charge in [-0.05, 0) is 62.1 Å². The van der Waals surface area contributed by atoms with Gasteiger partial charge < -0.3 is 4.90 Å². The van der Waals surface area contributed by atoms with Crippen molar-refractivity contribution in [3.63, 3.8) is 0 Å². The number of hydrogen-bond acceptors (Lipinski definition) is 6. The molecule has 1 saturated heterocycles. The van der Waals surface area contributed by atoms with Gasteiger partial charge in [0.15, 0.2) is 11.6 Å². The van der Waals surface area contributed by atoms with E-state index in [0.29, 0.717) is 12.1 Å². The summed E-state index contributed by atoms with van der Waals surface area (Å²) >= 11 is 0. The molecule has 0 radical (unpaired) electrons. The fraction of sp³-hybridized carbons (Fsp3) is 0.576. The fourth-order valence-electron chi connectivity index (χ4n) is 7.41. The van der Waals surface area contributed by atoms with Crippen molar-refractivity contribution < 1.29 is 14.4 Å². The first-order valence-electron chi connectivity index (χ1n) is 15.5. The van der Waals surface area contributed by atoms with Gasteiger partial charge in [-0.2, -0.15) is 5.10 Å². The molecule has 1 saturated carbocycles. The molecule has 0 unspecified atom stereocenters. The van der Waals surface area contributed by atoms with Gasteiger partial charge in [0.05, 0.1) is 29.1 Å². The number of nitrogens with zero attached hydrogens (tertiary/aromatic N) is 5. The topological polar surface area (TPSA) is 98.0 Å². The molecule has 3 atom stereocenters. The number of aromatic nitrogens is 4. The van der Waals surface area contributed by atoms with Gasteiger partial charge >= 0.3 is 0 Å². The van der Waals surface area contributed by atoms with Crippen LogP contribution in [0.15, 0.2) is 24.5 Å². The standard InChI is InChI=1S/C33H41N5O3/c1-4-28(40)27-16-33-13-11-9-7-5-6-8-10-12-23-14-24(26-19-34-21(2)18-35-26)15-25-31(22(3)39)36-37(32(23)25)20-30(41)38(27)29(33)17-33/h14-15,18-19,27,29H,4-13,16-17,20H2,1-3H3/t27-,29+,33-/m0/s1. The van der Waals surface area contributed by atoms with E-state index in [4.69, 9.17) is 5.10 Å². The second-order valence-electron chi connectivity index (χ2n) is 12.5.